The Labute approximate surface area is 185 Å². The number of hydrogen-bond acceptors (Lipinski definition) is 5. The van der Waals surface area contributed by atoms with Crippen LogP contribution in [-0.2, 0) is 13.1 Å². The number of hydrogen-bond donors (Lipinski definition) is 0. The quantitative estimate of drug-likeness (QED) is 0.537. The summed E-state index contributed by atoms with van der Waals surface area (Å²) in [5, 5.41) is 0. The first-order valence-corrected chi connectivity index (χ1v) is 10.4. The lowest BCUT2D eigenvalue weighted by Gasteiger charge is -2.30. The Morgan fingerprint density at radius 1 is 1.12 bits per heavy atom. The number of carbonyl (C=O) groups is 1. The predicted octanol–water partition coefficient (Wildman–Crippen LogP) is 5.11. The highest BCUT2D eigenvalue weighted by molar-refractivity contribution is 6.15. The molecule has 0 aromatic heterocycles. The van der Waals surface area contributed by atoms with Gasteiger partial charge in [0.15, 0.2) is 5.76 Å². The summed E-state index contributed by atoms with van der Waals surface area (Å²) in [4.78, 5) is 15.2. The van der Waals surface area contributed by atoms with Crippen LogP contribution in [-0.4, -0.2) is 24.5 Å². The predicted molar refractivity (Wildman–Crippen MR) is 118 cm³/mol. The summed E-state index contributed by atoms with van der Waals surface area (Å²) in [6.07, 6.45) is 1.74. The van der Waals surface area contributed by atoms with Gasteiger partial charge in [-0.05, 0) is 60.0 Å². The fraction of sp³-hybridized carbons (Fsp3) is 0.192. The largest absolute Gasteiger partial charge is 0.497 e. The van der Waals surface area contributed by atoms with Crippen LogP contribution in [0.15, 0.2) is 60.4 Å². The van der Waals surface area contributed by atoms with Gasteiger partial charge in [-0.3, -0.25) is 9.69 Å². The normalized spacial score (nSPS) is 16.3. The van der Waals surface area contributed by atoms with Gasteiger partial charge in [0.25, 0.3) is 0 Å². The van der Waals surface area contributed by atoms with Crippen molar-refractivity contribution in [2.75, 3.05) is 13.8 Å². The summed E-state index contributed by atoms with van der Waals surface area (Å²) < 4.78 is 30.5. The number of ketones is 1. The third-order valence-electron chi connectivity index (χ3n) is 5.72. The number of carbonyl (C=O) groups excluding carboxylic acids is 1. The van der Waals surface area contributed by atoms with Gasteiger partial charge in [-0.2, -0.15) is 0 Å². The van der Waals surface area contributed by atoms with Gasteiger partial charge in [-0.1, -0.05) is 24.3 Å². The summed E-state index contributed by atoms with van der Waals surface area (Å²) in [7, 11) is 1.61. The number of ether oxygens (including phenoxy) is 3. The van der Waals surface area contributed by atoms with E-state index in [9.17, 15) is 9.18 Å². The maximum atomic E-state index is 13.2. The number of methoxy groups -OCH3 is 1. The molecule has 6 heteroatoms. The zero-order valence-electron chi connectivity index (χ0n) is 17.9. The van der Waals surface area contributed by atoms with Crippen molar-refractivity contribution < 1.29 is 23.4 Å². The number of aryl methyl sites for hydroxylation is 1. The number of nitrogens with zero attached hydrogens (tertiary/aromatic N) is 1. The van der Waals surface area contributed by atoms with E-state index in [-0.39, 0.29) is 17.4 Å². The second-order valence-corrected chi connectivity index (χ2v) is 7.97. The van der Waals surface area contributed by atoms with E-state index in [1.54, 1.807) is 25.3 Å². The van der Waals surface area contributed by atoms with E-state index in [1.807, 2.05) is 37.3 Å². The summed E-state index contributed by atoms with van der Waals surface area (Å²) in [6, 6.07) is 15.8. The fourth-order valence-electron chi connectivity index (χ4n) is 4.08. The number of fused-ring (bicyclic) bond motifs is 3. The first kappa shape index (κ1) is 20.3. The molecule has 0 fully saturated rings. The SMILES string of the molecule is COc1ccc(/C=C2\Oc3c4c(cc(C)c3C2=O)OCN(Cc2ccc(F)cc2)C4)cc1. The lowest BCUT2D eigenvalue weighted by molar-refractivity contribution is 0.0872. The van der Waals surface area contributed by atoms with Gasteiger partial charge >= 0.3 is 0 Å². The van der Waals surface area contributed by atoms with E-state index in [2.05, 4.69) is 4.90 Å². The van der Waals surface area contributed by atoms with E-state index in [4.69, 9.17) is 14.2 Å². The number of allylic oxidation sites excluding steroid dienone is 1. The molecule has 3 aromatic rings. The van der Waals surface area contributed by atoms with Crippen LogP contribution in [0.5, 0.6) is 17.2 Å². The molecular weight excluding hydrogens is 409 g/mol. The molecule has 0 saturated heterocycles. The van der Waals surface area contributed by atoms with Gasteiger partial charge < -0.3 is 14.2 Å². The highest BCUT2D eigenvalue weighted by atomic mass is 19.1. The third-order valence-corrected chi connectivity index (χ3v) is 5.72. The molecule has 3 aromatic carbocycles. The summed E-state index contributed by atoms with van der Waals surface area (Å²) in [5.74, 6) is 1.94. The summed E-state index contributed by atoms with van der Waals surface area (Å²) >= 11 is 0. The minimum Gasteiger partial charge on any atom is -0.497 e. The van der Waals surface area contributed by atoms with Crippen LogP contribution in [0.3, 0.4) is 0 Å². The molecule has 5 rings (SSSR count). The molecule has 162 valence electrons. The van der Waals surface area contributed by atoms with Gasteiger partial charge in [-0.25, -0.2) is 4.39 Å². The van der Waals surface area contributed by atoms with Crippen molar-refractivity contribution in [2.24, 2.45) is 0 Å². The van der Waals surface area contributed by atoms with Crippen LogP contribution < -0.4 is 14.2 Å². The molecule has 5 nitrogen and oxygen atoms in total. The van der Waals surface area contributed by atoms with Gasteiger partial charge in [0.1, 0.15) is 29.8 Å². The average Bonchev–Trinajstić information content (AvgIpc) is 3.13. The molecule has 0 saturated carbocycles. The van der Waals surface area contributed by atoms with Crippen LogP contribution in [0.4, 0.5) is 4.39 Å². The van der Waals surface area contributed by atoms with Gasteiger partial charge in [0.05, 0.1) is 18.2 Å². The molecule has 2 heterocycles. The van der Waals surface area contributed by atoms with Crippen LogP contribution in [0.2, 0.25) is 0 Å². The fourth-order valence-corrected chi connectivity index (χ4v) is 4.08. The Hall–Kier alpha value is -3.64. The number of rotatable bonds is 4. The first-order chi connectivity index (χ1) is 15.5. The van der Waals surface area contributed by atoms with Gasteiger partial charge in [0, 0.05) is 13.1 Å². The van der Waals surface area contributed by atoms with E-state index in [1.165, 1.54) is 12.1 Å². The minimum absolute atomic E-state index is 0.133. The van der Waals surface area contributed by atoms with Gasteiger partial charge in [0.2, 0.25) is 5.78 Å². The number of halogens is 1. The maximum Gasteiger partial charge on any atom is 0.232 e. The van der Waals surface area contributed by atoms with Crippen LogP contribution in [0, 0.1) is 12.7 Å². The average molecular weight is 431 g/mol. The maximum absolute atomic E-state index is 13.2. The molecule has 0 spiro atoms. The number of Topliss-reactive ketones (excluding diaryl/α,β-unsaturated/α-hetero) is 1. The zero-order chi connectivity index (χ0) is 22.2. The van der Waals surface area contributed by atoms with E-state index in [0.29, 0.717) is 31.1 Å². The van der Waals surface area contributed by atoms with Crippen molar-refractivity contribution in [1.29, 1.82) is 0 Å². The molecule has 0 N–H and O–H groups in total. The van der Waals surface area contributed by atoms with E-state index in [0.717, 1.165) is 33.8 Å². The molecular formula is C26H22FNO4. The second-order valence-electron chi connectivity index (χ2n) is 7.97. The molecule has 0 unspecified atom stereocenters. The van der Waals surface area contributed by atoms with Crippen molar-refractivity contribution >= 4 is 11.9 Å². The van der Waals surface area contributed by atoms with Crippen molar-refractivity contribution in [3.8, 4) is 17.2 Å². The van der Waals surface area contributed by atoms with E-state index < -0.39 is 0 Å². The molecule has 2 aliphatic heterocycles. The molecule has 0 amide bonds. The molecule has 0 aliphatic carbocycles. The van der Waals surface area contributed by atoms with E-state index >= 15 is 0 Å². The first-order valence-electron chi connectivity index (χ1n) is 10.4. The molecule has 32 heavy (non-hydrogen) atoms. The topological polar surface area (TPSA) is 48.0 Å². The molecule has 2 aliphatic rings. The van der Waals surface area contributed by atoms with Crippen LogP contribution >= 0.6 is 0 Å². The van der Waals surface area contributed by atoms with Crippen LogP contribution in [0.25, 0.3) is 6.08 Å². The zero-order valence-corrected chi connectivity index (χ0v) is 17.9. The number of benzene rings is 3. The molecule has 0 radical (unpaired) electrons. The lowest BCUT2D eigenvalue weighted by atomic mass is 9.98. The Bertz CT molecular complexity index is 1220. The monoisotopic (exact) mass is 431 g/mol. The Kier molecular flexibility index (Phi) is 5.15. The highest BCUT2D eigenvalue weighted by Crippen LogP contribution is 2.44. The molecule has 0 bridgehead atoms. The third kappa shape index (κ3) is 3.74. The summed E-state index contributed by atoms with van der Waals surface area (Å²) in [5.41, 5.74) is 4.09. The highest BCUT2D eigenvalue weighted by Gasteiger charge is 2.35. The lowest BCUT2D eigenvalue weighted by Crippen LogP contribution is -2.31. The van der Waals surface area contributed by atoms with Crippen molar-refractivity contribution in [1.82, 2.24) is 4.90 Å². The van der Waals surface area contributed by atoms with Crippen molar-refractivity contribution in [3.63, 3.8) is 0 Å². The van der Waals surface area contributed by atoms with Crippen molar-refractivity contribution in [3.05, 3.63) is 94.0 Å². The van der Waals surface area contributed by atoms with Crippen LogP contribution in [0.1, 0.15) is 32.6 Å². The Balaban J connectivity index is 1.43. The summed E-state index contributed by atoms with van der Waals surface area (Å²) in [6.45, 7) is 3.47. The van der Waals surface area contributed by atoms with Gasteiger partial charge in [-0.15, -0.1) is 0 Å². The smallest absolute Gasteiger partial charge is 0.232 e. The Morgan fingerprint density at radius 3 is 2.59 bits per heavy atom. The Morgan fingerprint density at radius 2 is 1.88 bits per heavy atom. The van der Waals surface area contributed by atoms with Crippen molar-refractivity contribution in [2.45, 2.75) is 20.0 Å². The molecule has 0 atom stereocenters. The standard InChI is InChI=1S/C26H22FNO4/c1-16-11-22-21(14-28(15-31-22)13-18-3-7-19(27)8-4-18)26-24(16)25(29)23(32-26)12-17-5-9-20(30-2)10-6-17/h3-12H,13-15H2,1-2H3/b23-12-. The second kappa shape index (κ2) is 8.13. The minimum atomic E-state index is -0.259.